The molecule has 0 atom stereocenters. The number of carbonyl (C=O) groups excluding carboxylic acids is 3. The van der Waals surface area contributed by atoms with Crippen LogP contribution in [0.2, 0.25) is 0 Å². The topological polar surface area (TPSA) is 97.3 Å². The monoisotopic (exact) mass is 443 g/mol. The fraction of sp³-hybridized carbons (Fsp3) is 0.391. The van der Waals surface area contributed by atoms with Gasteiger partial charge in [0.2, 0.25) is 0 Å². The molecule has 2 aromatic rings. The van der Waals surface area contributed by atoms with Crippen LogP contribution in [0.15, 0.2) is 52.3 Å². The zero-order chi connectivity index (χ0) is 23.2. The summed E-state index contributed by atoms with van der Waals surface area (Å²) in [5.41, 5.74) is -0.523. The lowest BCUT2D eigenvalue weighted by atomic mass is 9.69. The first-order valence-electron chi connectivity index (χ1n) is 10.0. The van der Waals surface area contributed by atoms with Crippen LogP contribution < -0.4 is 16.2 Å². The van der Waals surface area contributed by atoms with E-state index in [1.54, 1.807) is 24.3 Å². The molecular weight excluding hydrogens is 414 g/mol. The molecule has 7 nitrogen and oxygen atoms in total. The number of nitrogens with zero attached hydrogens (tertiary/aromatic N) is 1. The van der Waals surface area contributed by atoms with Crippen molar-refractivity contribution in [3.8, 4) is 0 Å². The van der Waals surface area contributed by atoms with E-state index in [0.29, 0.717) is 29.1 Å². The van der Waals surface area contributed by atoms with Crippen LogP contribution >= 0.6 is 11.9 Å². The van der Waals surface area contributed by atoms with Crippen molar-refractivity contribution in [1.29, 1.82) is 0 Å². The van der Waals surface area contributed by atoms with Gasteiger partial charge in [-0.25, -0.2) is 0 Å². The summed E-state index contributed by atoms with van der Waals surface area (Å²) in [4.78, 5) is 49.1. The van der Waals surface area contributed by atoms with Crippen LogP contribution in [0.3, 0.4) is 0 Å². The average Bonchev–Trinajstić information content (AvgIpc) is 2.73. The number of aromatic nitrogens is 1. The Morgan fingerprint density at radius 3 is 2.35 bits per heavy atom. The summed E-state index contributed by atoms with van der Waals surface area (Å²) in [6.07, 6.45) is 2.36. The molecule has 0 spiro atoms. The SMILES string of the molecule is CCNC(=O)c1cccc(Sn2cc(C(=O)NCC(C)(C)C(C)(C)C=O)ccc2=O)c1. The van der Waals surface area contributed by atoms with Gasteiger partial charge in [0, 0.05) is 41.2 Å². The normalized spacial score (nSPS) is 11.6. The largest absolute Gasteiger partial charge is 0.352 e. The minimum atomic E-state index is -0.607. The molecule has 0 aliphatic rings. The van der Waals surface area contributed by atoms with E-state index in [9.17, 15) is 19.2 Å². The van der Waals surface area contributed by atoms with Gasteiger partial charge in [0.05, 0.1) is 5.56 Å². The van der Waals surface area contributed by atoms with Crippen LogP contribution in [0.1, 0.15) is 55.3 Å². The van der Waals surface area contributed by atoms with E-state index in [1.807, 2.05) is 34.6 Å². The molecule has 1 aromatic carbocycles. The first-order valence-corrected chi connectivity index (χ1v) is 10.8. The summed E-state index contributed by atoms with van der Waals surface area (Å²) in [5, 5.41) is 5.59. The first-order chi connectivity index (χ1) is 14.5. The average molecular weight is 444 g/mol. The highest BCUT2D eigenvalue weighted by molar-refractivity contribution is 7.97. The number of aldehydes is 1. The van der Waals surface area contributed by atoms with Gasteiger partial charge >= 0.3 is 0 Å². The van der Waals surface area contributed by atoms with Gasteiger partial charge < -0.3 is 15.4 Å². The van der Waals surface area contributed by atoms with Crippen LogP contribution in [0.4, 0.5) is 0 Å². The third-order valence-corrected chi connectivity index (χ3v) is 6.46. The van der Waals surface area contributed by atoms with Crippen molar-refractivity contribution in [3.05, 3.63) is 64.1 Å². The molecule has 1 heterocycles. The Hall–Kier alpha value is -2.87. The Labute approximate surface area is 186 Å². The lowest BCUT2D eigenvalue weighted by Crippen LogP contribution is -2.44. The Bertz CT molecular complexity index is 1030. The molecule has 0 aliphatic carbocycles. The third-order valence-electron chi connectivity index (χ3n) is 5.51. The molecule has 8 heteroatoms. The highest BCUT2D eigenvalue weighted by Crippen LogP contribution is 2.35. The van der Waals surface area contributed by atoms with E-state index < -0.39 is 10.8 Å². The number of pyridine rings is 1. The lowest BCUT2D eigenvalue weighted by molar-refractivity contribution is -0.119. The molecule has 0 radical (unpaired) electrons. The summed E-state index contributed by atoms with van der Waals surface area (Å²) in [7, 11) is 0. The third kappa shape index (κ3) is 6.07. The maximum absolute atomic E-state index is 12.7. The van der Waals surface area contributed by atoms with Gasteiger partial charge in [0.15, 0.2) is 0 Å². The van der Waals surface area contributed by atoms with E-state index in [-0.39, 0.29) is 17.4 Å². The summed E-state index contributed by atoms with van der Waals surface area (Å²) >= 11 is 1.12. The molecule has 2 N–H and O–H groups in total. The minimum Gasteiger partial charge on any atom is -0.352 e. The second-order valence-electron chi connectivity index (χ2n) is 8.47. The molecule has 0 saturated carbocycles. The molecule has 0 bridgehead atoms. The first kappa shape index (κ1) is 24.4. The molecule has 1 aromatic heterocycles. The van der Waals surface area contributed by atoms with Gasteiger partial charge in [0.25, 0.3) is 17.4 Å². The zero-order valence-electron chi connectivity index (χ0n) is 18.5. The predicted molar refractivity (Wildman–Crippen MR) is 122 cm³/mol. The van der Waals surface area contributed by atoms with E-state index in [2.05, 4.69) is 10.6 Å². The predicted octanol–water partition coefficient (Wildman–Crippen LogP) is 3.13. The Morgan fingerprint density at radius 1 is 1.03 bits per heavy atom. The van der Waals surface area contributed by atoms with Crippen molar-refractivity contribution in [2.45, 2.75) is 39.5 Å². The number of nitrogens with one attached hydrogen (secondary N) is 2. The fourth-order valence-corrected chi connectivity index (χ4v) is 3.40. The highest BCUT2D eigenvalue weighted by atomic mass is 32.2. The van der Waals surface area contributed by atoms with Crippen LogP contribution in [-0.4, -0.2) is 35.2 Å². The maximum atomic E-state index is 12.7. The second-order valence-corrected chi connectivity index (χ2v) is 9.51. The molecule has 2 rings (SSSR count). The summed E-state index contributed by atoms with van der Waals surface area (Å²) in [6.45, 7) is 10.2. The summed E-state index contributed by atoms with van der Waals surface area (Å²) in [5.74, 6) is -0.522. The minimum absolute atomic E-state index is 0.189. The van der Waals surface area contributed by atoms with E-state index >= 15 is 0 Å². The zero-order valence-corrected chi connectivity index (χ0v) is 19.3. The number of hydrogen-bond donors (Lipinski definition) is 2. The molecule has 0 fully saturated rings. The van der Waals surface area contributed by atoms with Crippen molar-refractivity contribution in [2.24, 2.45) is 10.8 Å². The van der Waals surface area contributed by atoms with Crippen molar-refractivity contribution in [1.82, 2.24) is 14.6 Å². The van der Waals surface area contributed by atoms with E-state index in [0.717, 1.165) is 18.2 Å². The van der Waals surface area contributed by atoms with Crippen molar-refractivity contribution in [2.75, 3.05) is 13.1 Å². The van der Waals surface area contributed by atoms with Gasteiger partial charge in [-0.15, -0.1) is 0 Å². The molecular formula is C23H29N3O4S. The van der Waals surface area contributed by atoms with Gasteiger partial charge in [-0.05, 0) is 48.6 Å². The number of rotatable bonds is 9. The highest BCUT2D eigenvalue weighted by Gasteiger charge is 2.37. The Kier molecular flexibility index (Phi) is 7.84. The molecule has 0 aliphatic heterocycles. The van der Waals surface area contributed by atoms with Crippen molar-refractivity contribution in [3.63, 3.8) is 0 Å². The maximum Gasteiger partial charge on any atom is 0.260 e. The Morgan fingerprint density at radius 2 is 1.71 bits per heavy atom. The van der Waals surface area contributed by atoms with Gasteiger partial charge in [0.1, 0.15) is 6.29 Å². The fourth-order valence-electron chi connectivity index (χ4n) is 2.53. The number of carbonyl (C=O) groups is 3. The number of hydrogen-bond acceptors (Lipinski definition) is 5. The number of benzene rings is 1. The molecule has 166 valence electrons. The van der Waals surface area contributed by atoms with Crippen LogP contribution in [0.25, 0.3) is 0 Å². The Balaban J connectivity index is 2.18. The van der Waals surface area contributed by atoms with Crippen LogP contribution in [0.5, 0.6) is 0 Å². The molecule has 2 amide bonds. The van der Waals surface area contributed by atoms with Gasteiger partial charge in [-0.3, -0.25) is 18.4 Å². The van der Waals surface area contributed by atoms with Gasteiger partial charge in [-0.1, -0.05) is 33.8 Å². The smallest absolute Gasteiger partial charge is 0.260 e. The van der Waals surface area contributed by atoms with Crippen molar-refractivity contribution < 1.29 is 14.4 Å². The standard InChI is InChI=1S/C23H29N3O4S/c1-6-24-20(29)16-8-7-9-18(12-16)31-26-13-17(10-11-19(26)28)21(30)25-14-22(2,3)23(4,5)15-27/h7-13,15H,6,14H2,1-5H3,(H,24,29)(H,25,30). The molecule has 0 unspecified atom stereocenters. The van der Waals surface area contributed by atoms with Crippen molar-refractivity contribution >= 4 is 30.0 Å². The summed E-state index contributed by atoms with van der Waals surface area (Å²) in [6, 6.07) is 9.72. The molecule has 31 heavy (non-hydrogen) atoms. The lowest BCUT2D eigenvalue weighted by Gasteiger charge is -2.37. The number of amides is 2. The quantitative estimate of drug-likeness (QED) is 0.581. The van der Waals surface area contributed by atoms with Gasteiger partial charge in [-0.2, -0.15) is 0 Å². The summed E-state index contributed by atoms with van der Waals surface area (Å²) < 4.78 is 1.35. The van der Waals surface area contributed by atoms with E-state index in [1.165, 1.54) is 22.3 Å². The van der Waals surface area contributed by atoms with E-state index in [4.69, 9.17) is 0 Å². The second kappa shape index (κ2) is 9.96. The molecule has 0 saturated heterocycles. The van der Waals surface area contributed by atoms with Crippen LogP contribution in [0, 0.1) is 10.8 Å². The van der Waals surface area contributed by atoms with Crippen LogP contribution in [-0.2, 0) is 4.79 Å².